The van der Waals surface area contributed by atoms with Crippen LogP contribution < -0.4 is 4.74 Å². The van der Waals surface area contributed by atoms with E-state index in [-0.39, 0.29) is 18.4 Å². The lowest BCUT2D eigenvalue weighted by Crippen LogP contribution is -2.47. The molecule has 1 aromatic rings. The number of rotatable bonds is 6. The van der Waals surface area contributed by atoms with Crippen molar-refractivity contribution in [1.29, 1.82) is 0 Å². The van der Waals surface area contributed by atoms with Crippen molar-refractivity contribution in [3.8, 4) is 5.75 Å². The first-order valence-electron chi connectivity index (χ1n) is 8.63. The molecule has 5 nitrogen and oxygen atoms in total. The highest BCUT2D eigenvalue weighted by molar-refractivity contribution is 5.78. The molecule has 0 aliphatic carbocycles. The summed E-state index contributed by atoms with van der Waals surface area (Å²) in [5, 5.41) is 9.15. The van der Waals surface area contributed by atoms with Gasteiger partial charge in [-0.25, -0.2) is 0 Å². The molecule has 0 spiro atoms. The van der Waals surface area contributed by atoms with Crippen LogP contribution in [-0.4, -0.2) is 41.1 Å². The van der Waals surface area contributed by atoms with Crippen molar-refractivity contribution in [1.82, 2.24) is 4.90 Å². The Bertz CT molecular complexity index is 567. The van der Waals surface area contributed by atoms with Crippen LogP contribution in [-0.2, 0) is 9.59 Å². The number of hydrogen-bond donors (Lipinski definition) is 1. The zero-order chi connectivity index (χ0) is 17.7. The van der Waals surface area contributed by atoms with Gasteiger partial charge >= 0.3 is 5.97 Å². The Morgan fingerprint density at radius 1 is 1.25 bits per heavy atom. The molecular weight excluding hydrogens is 306 g/mol. The van der Waals surface area contributed by atoms with Crippen LogP contribution in [0.4, 0.5) is 0 Å². The molecule has 132 valence electrons. The van der Waals surface area contributed by atoms with Gasteiger partial charge < -0.3 is 14.7 Å². The van der Waals surface area contributed by atoms with Crippen LogP contribution >= 0.6 is 0 Å². The number of piperidine rings is 1. The summed E-state index contributed by atoms with van der Waals surface area (Å²) < 4.78 is 5.65. The largest absolute Gasteiger partial charge is 0.493 e. The molecule has 0 bridgehead atoms. The van der Waals surface area contributed by atoms with Crippen molar-refractivity contribution in [2.45, 2.75) is 52.0 Å². The van der Waals surface area contributed by atoms with Crippen LogP contribution in [0.5, 0.6) is 5.75 Å². The minimum absolute atomic E-state index is 0.0350. The number of carbonyl (C=O) groups excluding carboxylic acids is 1. The molecule has 2 atom stereocenters. The molecule has 2 unspecified atom stereocenters. The molecule has 1 fully saturated rings. The molecule has 1 aromatic carbocycles. The Labute approximate surface area is 143 Å². The summed E-state index contributed by atoms with van der Waals surface area (Å²) >= 11 is 0. The smallest absolute Gasteiger partial charge is 0.308 e. The van der Waals surface area contributed by atoms with Gasteiger partial charge in [-0.2, -0.15) is 0 Å². The van der Waals surface area contributed by atoms with Gasteiger partial charge in [-0.05, 0) is 43.4 Å². The standard InChI is InChI=1S/C19H27NO4/c1-13(2)15-6-8-17(9-7-15)24-11-10-18(21)20-12-16(19(22)23)5-4-14(20)3/h6-9,13-14,16H,4-5,10-12H2,1-3H3,(H,22,23). The number of likely N-dealkylation sites (tertiary alicyclic amines) is 1. The fourth-order valence-electron chi connectivity index (χ4n) is 3.00. The second-order valence-electron chi connectivity index (χ2n) is 6.83. The normalized spacial score (nSPS) is 20.9. The Balaban J connectivity index is 1.82. The highest BCUT2D eigenvalue weighted by atomic mass is 16.5. The number of benzene rings is 1. The number of hydrogen-bond acceptors (Lipinski definition) is 3. The Kier molecular flexibility index (Phi) is 6.23. The van der Waals surface area contributed by atoms with Gasteiger partial charge in [-0.3, -0.25) is 9.59 Å². The number of carboxylic acid groups (broad SMARTS) is 1. The van der Waals surface area contributed by atoms with Gasteiger partial charge in [0.25, 0.3) is 0 Å². The van der Waals surface area contributed by atoms with E-state index in [1.54, 1.807) is 4.90 Å². The lowest BCUT2D eigenvalue weighted by atomic mass is 9.93. The number of nitrogens with zero attached hydrogens (tertiary/aromatic N) is 1. The maximum Gasteiger partial charge on any atom is 0.308 e. The molecule has 1 aliphatic rings. The SMILES string of the molecule is CC(C)c1ccc(OCCC(=O)N2CC(C(=O)O)CCC2C)cc1. The summed E-state index contributed by atoms with van der Waals surface area (Å²) in [4.78, 5) is 25.2. The first-order valence-corrected chi connectivity index (χ1v) is 8.63. The number of carboxylic acids is 1. The molecule has 1 N–H and O–H groups in total. The molecule has 1 amide bonds. The van der Waals surface area contributed by atoms with Gasteiger partial charge in [0.2, 0.25) is 5.91 Å². The molecule has 1 aliphatic heterocycles. The first kappa shape index (κ1) is 18.3. The zero-order valence-electron chi connectivity index (χ0n) is 14.7. The van der Waals surface area contributed by atoms with E-state index in [1.165, 1.54) is 5.56 Å². The summed E-state index contributed by atoms with van der Waals surface area (Å²) in [6.45, 7) is 6.86. The predicted molar refractivity (Wildman–Crippen MR) is 92.2 cm³/mol. The van der Waals surface area contributed by atoms with E-state index in [0.717, 1.165) is 12.2 Å². The van der Waals surface area contributed by atoms with E-state index in [0.29, 0.717) is 25.5 Å². The molecule has 2 rings (SSSR count). The van der Waals surface area contributed by atoms with Crippen LogP contribution in [0.2, 0.25) is 0 Å². The Morgan fingerprint density at radius 2 is 1.92 bits per heavy atom. The Morgan fingerprint density at radius 3 is 2.50 bits per heavy atom. The maximum absolute atomic E-state index is 12.4. The van der Waals surface area contributed by atoms with Crippen molar-refractivity contribution in [2.75, 3.05) is 13.2 Å². The second-order valence-corrected chi connectivity index (χ2v) is 6.83. The Hall–Kier alpha value is -2.04. The average molecular weight is 333 g/mol. The van der Waals surface area contributed by atoms with Crippen molar-refractivity contribution in [3.63, 3.8) is 0 Å². The van der Waals surface area contributed by atoms with Crippen LogP contribution in [0.25, 0.3) is 0 Å². The van der Waals surface area contributed by atoms with Gasteiger partial charge in [0, 0.05) is 12.6 Å². The van der Waals surface area contributed by atoms with Crippen LogP contribution in [0.1, 0.15) is 51.5 Å². The van der Waals surface area contributed by atoms with Crippen molar-refractivity contribution < 1.29 is 19.4 Å². The predicted octanol–water partition coefficient (Wildman–Crippen LogP) is 3.29. The molecule has 1 saturated heterocycles. The van der Waals surface area contributed by atoms with E-state index < -0.39 is 11.9 Å². The zero-order valence-corrected chi connectivity index (χ0v) is 14.7. The van der Waals surface area contributed by atoms with E-state index in [1.807, 2.05) is 31.2 Å². The maximum atomic E-state index is 12.4. The molecule has 1 heterocycles. The van der Waals surface area contributed by atoms with Crippen LogP contribution in [0, 0.1) is 5.92 Å². The summed E-state index contributed by atoms with van der Waals surface area (Å²) in [5.74, 6) is -0.0752. The highest BCUT2D eigenvalue weighted by Crippen LogP contribution is 2.23. The summed E-state index contributed by atoms with van der Waals surface area (Å²) in [5.41, 5.74) is 1.25. The molecule has 5 heteroatoms. The van der Waals surface area contributed by atoms with Gasteiger partial charge in [-0.1, -0.05) is 26.0 Å². The topological polar surface area (TPSA) is 66.8 Å². The van der Waals surface area contributed by atoms with E-state index in [9.17, 15) is 9.59 Å². The average Bonchev–Trinajstić information content (AvgIpc) is 2.55. The monoisotopic (exact) mass is 333 g/mol. The second kappa shape index (κ2) is 8.18. The lowest BCUT2D eigenvalue weighted by Gasteiger charge is -2.36. The molecule has 0 aromatic heterocycles. The minimum Gasteiger partial charge on any atom is -0.493 e. The third-order valence-corrected chi connectivity index (χ3v) is 4.68. The van der Waals surface area contributed by atoms with Gasteiger partial charge in [0.1, 0.15) is 5.75 Å². The first-order chi connectivity index (χ1) is 11.4. The van der Waals surface area contributed by atoms with E-state index >= 15 is 0 Å². The fraction of sp³-hybridized carbons (Fsp3) is 0.579. The van der Waals surface area contributed by atoms with E-state index in [2.05, 4.69) is 13.8 Å². The van der Waals surface area contributed by atoms with Crippen LogP contribution in [0.3, 0.4) is 0 Å². The van der Waals surface area contributed by atoms with Crippen molar-refractivity contribution in [3.05, 3.63) is 29.8 Å². The number of ether oxygens (including phenoxy) is 1. The molecule has 0 saturated carbocycles. The van der Waals surface area contributed by atoms with E-state index in [4.69, 9.17) is 9.84 Å². The van der Waals surface area contributed by atoms with Gasteiger partial charge in [0.05, 0.1) is 18.9 Å². The minimum atomic E-state index is -0.818. The summed E-state index contributed by atoms with van der Waals surface area (Å²) in [7, 11) is 0. The van der Waals surface area contributed by atoms with Crippen molar-refractivity contribution in [2.24, 2.45) is 5.92 Å². The quantitative estimate of drug-likeness (QED) is 0.867. The van der Waals surface area contributed by atoms with Crippen molar-refractivity contribution >= 4 is 11.9 Å². The third-order valence-electron chi connectivity index (χ3n) is 4.68. The van der Waals surface area contributed by atoms with Crippen LogP contribution in [0.15, 0.2) is 24.3 Å². The summed E-state index contributed by atoms with van der Waals surface area (Å²) in [6.07, 6.45) is 1.64. The lowest BCUT2D eigenvalue weighted by molar-refractivity contribution is -0.147. The van der Waals surface area contributed by atoms with Gasteiger partial charge in [0.15, 0.2) is 0 Å². The third kappa shape index (κ3) is 4.73. The molecule has 24 heavy (non-hydrogen) atoms. The van der Waals surface area contributed by atoms with Gasteiger partial charge in [-0.15, -0.1) is 0 Å². The summed E-state index contributed by atoms with van der Waals surface area (Å²) in [6, 6.07) is 8.00. The number of amides is 1. The molecular formula is C19H27NO4. The molecule has 0 radical (unpaired) electrons. The number of aliphatic carboxylic acids is 1. The highest BCUT2D eigenvalue weighted by Gasteiger charge is 2.32. The number of carbonyl (C=O) groups is 2. The fourth-order valence-corrected chi connectivity index (χ4v) is 3.00.